The van der Waals surface area contributed by atoms with E-state index in [0.717, 1.165) is 22.4 Å². The summed E-state index contributed by atoms with van der Waals surface area (Å²) in [5, 5.41) is 0. The minimum atomic E-state index is -0.250. The van der Waals surface area contributed by atoms with E-state index >= 15 is 0 Å². The Balaban J connectivity index is 2.36. The Kier molecular flexibility index (Phi) is 6.38. The van der Waals surface area contributed by atoms with Crippen molar-refractivity contribution in [1.29, 1.82) is 0 Å². The van der Waals surface area contributed by atoms with E-state index in [2.05, 4.69) is 13.2 Å². The highest BCUT2D eigenvalue weighted by Gasteiger charge is 2.16. The van der Waals surface area contributed by atoms with Gasteiger partial charge in [0.1, 0.15) is 6.54 Å². The van der Waals surface area contributed by atoms with Gasteiger partial charge >= 0.3 is 5.97 Å². The van der Waals surface area contributed by atoms with Gasteiger partial charge < -0.3 is 9.64 Å². The predicted molar refractivity (Wildman–Crippen MR) is 100 cm³/mol. The van der Waals surface area contributed by atoms with Crippen molar-refractivity contribution in [2.75, 3.05) is 24.6 Å². The molecule has 3 nitrogen and oxygen atoms in total. The molecule has 0 saturated carbocycles. The summed E-state index contributed by atoms with van der Waals surface area (Å²) < 4.78 is 5.09. The molecule has 0 unspecified atom stereocenters. The van der Waals surface area contributed by atoms with E-state index in [-0.39, 0.29) is 12.5 Å². The maximum absolute atomic E-state index is 11.9. The molecule has 3 heteroatoms. The fraction of sp³-hybridized carbons (Fsp3) is 0.190. The van der Waals surface area contributed by atoms with Gasteiger partial charge in [0, 0.05) is 17.8 Å². The summed E-state index contributed by atoms with van der Waals surface area (Å²) in [6.45, 7) is 11.0. The average Bonchev–Trinajstić information content (AvgIpc) is 2.62. The normalized spacial score (nSPS) is 10.0. The van der Waals surface area contributed by atoms with Crippen LogP contribution < -0.4 is 4.90 Å². The third-order valence-corrected chi connectivity index (χ3v) is 3.67. The molecule has 0 heterocycles. The van der Waals surface area contributed by atoms with Crippen LogP contribution in [0.15, 0.2) is 73.8 Å². The van der Waals surface area contributed by atoms with Crippen LogP contribution >= 0.6 is 0 Å². The third kappa shape index (κ3) is 4.35. The molecule has 124 valence electrons. The van der Waals surface area contributed by atoms with Gasteiger partial charge in [-0.1, -0.05) is 61.2 Å². The van der Waals surface area contributed by atoms with Gasteiger partial charge in [-0.3, -0.25) is 4.79 Å². The first-order valence-corrected chi connectivity index (χ1v) is 8.02. The number of hydrogen-bond donors (Lipinski definition) is 0. The van der Waals surface area contributed by atoms with Gasteiger partial charge in [0.25, 0.3) is 0 Å². The van der Waals surface area contributed by atoms with Crippen LogP contribution in [0.4, 0.5) is 5.69 Å². The molecule has 0 aliphatic rings. The molecule has 2 aromatic rings. The van der Waals surface area contributed by atoms with Crippen molar-refractivity contribution in [3.8, 4) is 0 Å². The smallest absolute Gasteiger partial charge is 0.325 e. The molecule has 0 bridgehead atoms. The van der Waals surface area contributed by atoms with E-state index in [0.29, 0.717) is 13.2 Å². The molecule has 0 N–H and O–H groups in total. The summed E-state index contributed by atoms with van der Waals surface area (Å²) >= 11 is 0. The quantitative estimate of drug-likeness (QED) is 0.536. The van der Waals surface area contributed by atoms with Crippen LogP contribution in [0.2, 0.25) is 0 Å². The number of benzene rings is 2. The van der Waals surface area contributed by atoms with E-state index in [9.17, 15) is 4.79 Å². The molecular weight excluding hydrogens is 298 g/mol. The van der Waals surface area contributed by atoms with E-state index in [4.69, 9.17) is 4.74 Å². The SMILES string of the molecule is C=CCN(CC(=O)OCC)c1ccccc1C(=C)c1ccccc1. The fourth-order valence-electron chi connectivity index (χ4n) is 2.57. The van der Waals surface area contributed by atoms with Crippen LogP contribution in [0, 0.1) is 0 Å². The van der Waals surface area contributed by atoms with Crippen LogP contribution in [0.1, 0.15) is 18.1 Å². The zero-order valence-electron chi connectivity index (χ0n) is 14.1. The van der Waals surface area contributed by atoms with Gasteiger partial charge in [0.15, 0.2) is 0 Å². The van der Waals surface area contributed by atoms with Crippen LogP contribution in [-0.4, -0.2) is 25.7 Å². The fourth-order valence-corrected chi connectivity index (χ4v) is 2.57. The number of nitrogens with zero attached hydrogens (tertiary/aromatic N) is 1. The van der Waals surface area contributed by atoms with Gasteiger partial charge in [-0.25, -0.2) is 0 Å². The molecule has 0 aliphatic heterocycles. The summed E-state index contributed by atoms with van der Waals surface area (Å²) in [6, 6.07) is 18.0. The second-order valence-corrected chi connectivity index (χ2v) is 5.34. The minimum absolute atomic E-state index is 0.180. The molecule has 0 atom stereocenters. The molecule has 0 aliphatic carbocycles. The number of anilines is 1. The summed E-state index contributed by atoms with van der Waals surface area (Å²) in [4.78, 5) is 13.9. The molecule has 0 spiro atoms. The Morgan fingerprint density at radius 3 is 2.46 bits per heavy atom. The van der Waals surface area contributed by atoms with Gasteiger partial charge in [-0.15, -0.1) is 6.58 Å². The predicted octanol–water partition coefficient (Wildman–Crippen LogP) is 4.30. The lowest BCUT2D eigenvalue weighted by molar-refractivity contribution is -0.141. The lowest BCUT2D eigenvalue weighted by Crippen LogP contribution is -2.31. The van der Waals surface area contributed by atoms with E-state index in [1.807, 2.05) is 59.5 Å². The van der Waals surface area contributed by atoms with E-state index in [1.54, 1.807) is 13.0 Å². The highest BCUT2D eigenvalue weighted by molar-refractivity contribution is 5.87. The van der Waals surface area contributed by atoms with Crippen molar-refractivity contribution >= 4 is 17.2 Å². The number of esters is 1. The van der Waals surface area contributed by atoms with Crippen molar-refractivity contribution in [3.63, 3.8) is 0 Å². The van der Waals surface area contributed by atoms with Gasteiger partial charge in [-0.05, 0) is 24.1 Å². The minimum Gasteiger partial charge on any atom is -0.465 e. The van der Waals surface area contributed by atoms with Crippen LogP contribution in [0.5, 0.6) is 0 Å². The maximum atomic E-state index is 11.9. The highest BCUT2D eigenvalue weighted by Crippen LogP contribution is 2.30. The van der Waals surface area contributed by atoms with Crippen LogP contribution in [0.25, 0.3) is 5.57 Å². The Morgan fingerprint density at radius 2 is 1.79 bits per heavy atom. The van der Waals surface area contributed by atoms with Crippen molar-refractivity contribution in [1.82, 2.24) is 0 Å². The molecule has 0 amide bonds. The first kappa shape index (κ1) is 17.5. The monoisotopic (exact) mass is 321 g/mol. The molecule has 2 aromatic carbocycles. The van der Waals surface area contributed by atoms with Crippen LogP contribution in [-0.2, 0) is 9.53 Å². The summed E-state index contributed by atoms with van der Waals surface area (Å²) in [5.74, 6) is -0.250. The Labute approximate surface area is 143 Å². The second kappa shape index (κ2) is 8.73. The van der Waals surface area contributed by atoms with Gasteiger partial charge in [0.05, 0.1) is 6.61 Å². The average molecular weight is 321 g/mol. The third-order valence-electron chi connectivity index (χ3n) is 3.67. The van der Waals surface area contributed by atoms with Crippen molar-refractivity contribution in [2.45, 2.75) is 6.92 Å². The zero-order chi connectivity index (χ0) is 17.4. The number of carbonyl (C=O) groups excluding carboxylic acids is 1. The summed E-state index contributed by atoms with van der Waals surface area (Å²) in [6.07, 6.45) is 1.78. The lowest BCUT2D eigenvalue weighted by Gasteiger charge is -2.25. The molecule has 0 saturated heterocycles. The Bertz CT molecular complexity index is 707. The van der Waals surface area contributed by atoms with Gasteiger partial charge in [-0.2, -0.15) is 0 Å². The maximum Gasteiger partial charge on any atom is 0.325 e. The number of ether oxygens (including phenoxy) is 1. The highest BCUT2D eigenvalue weighted by atomic mass is 16.5. The molecule has 0 radical (unpaired) electrons. The summed E-state index contributed by atoms with van der Waals surface area (Å²) in [7, 11) is 0. The molecule has 0 aromatic heterocycles. The summed E-state index contributed by atoms with van der Waals surface area (Å²) in [5.41, 5.74) is 3.91. The molecular formula is C21H23NO2. The van der Waals surface area contributed by atoms with Crippen LogP contribution in [0.3, 0.4) is 0 Å². The van der Waals surface area contributed by atoms with Gasteiger partial charge in [0.2, 0.25) is 0 Å². The molecule has 0 fully saturated rings. The van der Waals surface area contributed by atoms with E-state index in [1.165, 1.54) is 0 Å². The van der Waals surface area contributed by atoms with Crippen molar-refractivity contribution < 1.29 is 9.53 Å². The van der Waals surface area contributed by atoms with Crippen molar-refractivity contribution in [2.24, 2.45) is 0 Å². The Morgan fingerprint density at radius 1 is 1.12 bits per heavy atom. The number of carbonyl (C=O) groups is 1. The zero-order valence-corrected chi connectivity index (χ0v) is 14.1. The first-order chi connectivity index (χ1) is 11.7. The molecule has 24 heavy (non-hydrogen) atoms. The number of hydrogen-bond acceptors (Lipinski definition) is 3. The lowest BCUT2D eigenvalue weighted by atomic mass is 9.97. The largest absolute Gasteiger partial charge is 0.465 e. The van der Waals surface area contributed by atoms with E-state index < -0.39 is 0 Å². The molecule has 2 rings (SSSR count). The topological polar surface area (TPSA) is 29.5 Å². The second-order valence-electron chi connectivity index (χ2n) is 5.34. The first-order valence-electron chi connectivity index (χ1n) is 8.02. The standard InChI is InChI=1S/C21H23NO2/c1-4-15-22(16-21(23)24-5-2)20-14-10-9-13-19(20)17(3)18-11-7-6-8-12-18/h4,6-14H,1,3,5,15-16H2,2H3. The number of rotatable bonds is 8. The van der Waals surface area contributed by atoms with Crippen molar-refractivity contribution in [3.05, 3.63) is 85.0 Å². The number of para-hydroxylation sites is 1. The Hall–Kier alpha value is -2.81.